The topological polar surface area (TPSA) is 62.1 Å². The molecule has 140 valence electrons. The smallest absolute Gasteiger partial charge is 0.406 e. The maximum atomic E-state index is 12.4. The van der Waals surface area contributed by atoms with Gasteiger partial charge in [0, 0.05) is 18.0 Å². The minimum absolute atomic E-state index is 0.0530. The lowest BCUT2D eigenvalue weighted by atomic mass is 10.2. The molecule has 1 N–H and O–H groups in total. The molecular weight excluding hydrogens is 378 g/mol. The van der Waals surface area contributed by atoms with Crippen LogP contribution in [0.5, 0.6) is 5.75 Å². The second kappa shape index (κ2) is 7.20. The van der Waals surface area contributed by atoms with E-state index in [-0.39, 0.29) is 23.9 Å². The van der Waals surface area contributed by atoms with Crippen LogP contribution >= 0.6 is 0 Å². The van der Waals surface area contributed by atoms with E-state index in [0.29, 0.717) is 12.1 Å². The molecule has 1 unspecified atom stereocenters. The van der Waals surface area contributed by atoms with Gasteiger partial charge >= 0.3 is 18.4 Å². The average Bonchev–Trinajstić information content (AvgIpc) is 2.80. The van der Waals surface area contributed by atoms with E-state index in [0.717, 1.165) is 12.1 Å². The number of hydrogen-bond acceptors (Lipinski definition) is 4. The second-order valence-corrected chi connectivity index (χ2v) is 6.52. The lowest BCUT2D eigenvalue weighted by molar-refractivity contribution is -0.274. The van der Waals surface area contributed by atoms with Gasteiger partial charge in [-0.3, -0.25) is 4.79 Å². The van der Waals surface area contributed by atoms with Gasteiger partial charge in [0.05, 0.1) is 11.6 Å². The molecule has 1 heterocycles. The summed E-state index contributed by atoms with van der Waals surface area (Å²) >= 11 is 0. The molecule has 0 bridgehead atoms. The van der Waals surface area contributed by atoms with Gasteiger partial charge in [-0.05, 0) is 35.3 Å². The summed E-state index contributed by atoms with van der Waals surface area (Å²) in [5.74, 6) is -3.00. The van der Waals surface area contributed by atoms with Crippen molar-refractivity contribution in [2.45, 2.75) is 23.9 Å². The summed E-state index contributed by atoms with van der Waals surface area (Å²) in [4.78, 5) is 12.7. The van der Waals surface area contributed by atoms with Crippen LogP contribution in [0.25, 0.3) is 0 Å². The van der Waals surface area contributed by atoms with Gasteiger partial charge in [0.1, 0.15) is 5.75 Å². The average molecular weight is 390 g/mol. The predicted molar refractivity (Wildman–Crippen MR) is 76.2 cm³/mol. The summed E-state index contributed by atoms with van der Waals surface area (Å²) < 4.78 is 81.1. The number of benzene rings is 1. The highest BCUT2D eigenvalue weighted by Gasteiger charge is 2.40. The summed E-state index contributed by atoms with van der Waals surface area (Å²) in [6.45, 7) is 0.0791. The van der Waals surface area contributed by atoms with Crippen LogP contribution < -0.4 is 9.64 Å². The fourth-order valence-electron chi connectivity index (χ4n) is 2.10. The van der Waals surface area contributed by atoms with Gasteiger partial charge in [0.15, 0.2) is 0 Å². The molecule has 1 aliphatic rings. The first-order chi connectivity index (χ1) is 11.5. The zero-order chi connectivity index (χ0) is 18.8. The molecule has 5 nitrogen and oxygen atoms in total. The van der Waals surface area contributed by atoms with E-state index < -0.39 is 34.9 Å². The highest BCUT2D eigenvalue weighted by Crippen LogP contribution is 2.37. The first-order valence-corrected chi connectivity index (χ1v) is 8.16. The Morgan fingerprint density at radius 3 is 2.52 bits per heavy atom. The minimum Gasteiger partial charge on any atom is -0.406 e. The number of hydrogen-bond donors (Lipinski definition) is 1. The van der Waals surface area contributed by atoms with Gasteiger partial charge < -0.3 is 14.7 Å². The van der Waals surface area contributed by atoms with Gasteiger partial charge in [-0.25, -0.2) is 0 Å². The number of carbonyl (C=O) groups is 1. The standard InChI is InChI=1S/C13H12F6N2O3S/c14-12(15,16)11(23)20-25-7-21(4-1-5-22)9-3-2-8(6-10(9)25)24-13(17,18)19/h2-3,6,22H,1,4-5,7H2. The van der Waals surface area contributed by atoms with Crippen molar-refractivity contribution in [3.8, 4) is 5.75 Å². The number of aliphatic hydroxyl groups is 1. The molecular formula is C13H12F6N2O3S. The molecule has 2 rings (SSSR count). The van der Waals surface area contributed by atoms with Crippen molar-refractivity contribution in [3.05, 3.63) is 18.2 Å². The Morgan fingerprint density at radius 2 is 1.96 bits per heavy atom. The zero-order valence-electron chi connectivity index (χ0n) is 12.4. The summed E-state index contributed by atoms with van der Waals surface area (Å²) in [6.07, 6.45) is -9.82. The van der Waals surface area contributed by atoms with E-state index in [2.05, 4.69) is 9.10 Å². The highest BCUT2D eigenvalue weighted by molar-refractivity contribution is 7.88. The van der Waals surface area contributed by atoms with Gasteiger partial charge in [-0.1, -0.05) is 0 Å². The maximum Gasteiger partial charge on any atom is 0.573 e. The lowest BCUT2D eigenvalue weighted by Crippen LogP contribution is -2.24. The van der Waals surface area contributed by atoms with Crippen molar-refractivity contribution < 1.29 is 41.0 Å². The highest BCUT2D eigenvalue weighted by atomic mass is 32.2. The second-order valence-electron chi connectivity index (χ2n) is 4.91. The molecule has 0 radical (unpaired) electrons. The van der Waals surface area contributed by atoms with Crippen molar-refractivity contribution in [2.24, 2.45) is 4.36 Å². The number of ether oxygens (including phenoxy) is 1. The number of carbonyl (C=O) groups excluding carboxylic acids is 1. The van der Waals surface area contributed by atoms with Crippen molar-refractivity contribution in [1.29, 1.82) is 0 Å². The fraction of sp³-hybridized carbons (Fsp3) is 0.462. The minimum atomic E-state index is -5.16. The normalized spacial score (nSPS) is 17.7. The molecule has 1 aliphatic heterocycles. The molecule has 1 aromatic rings. The molecule has 0 saturated carbocycles. The van der Waals surface area contributed by atoms with Crippen molar-refractivity contribution in [3.63, 3.8) is 0 Å². The first kappa shape index (κ1) is 19.5. The predicted octanol–water partition coefficient (Wildman–Crippen LogP) is 2.99. The number of nitrogens with zero attached hydrogens (tertiary/aromatic N) is 2. The Kier molecular flexibility index (Phi) is 5.62. The lowest BCUT2D eigenvalue weighted by Gasteiger charge is -2.17. The first-order valence-electron chi connectivity index (χ1n) is 6.81. The maximum absolute atomic E-state index is 12.4. The van der Waals surface area contributed by atoms with E-state index in [1.165, 1.54) is 6.07 Å². The quantitative estimate of drug-likeness (QED) is 0.803. The SMILES string of the molecule is O=C(N=S1CN(CCCO)c2ccc(OC(F)(F)F)cc21)C(F)(F)F. The third-order valence-corrected chi connectivity index (χ3v) is 4.84. The van der Waals surface area contributed by atoms with E-state index in [9.17, 15) is 31.1 Å². The molecule has 1 aromatic carbocycles. The van der Waals surface area contributed by atoms with Crippen molar-refractivity contribution in [2.75, 3.05) is 23.9 Å². The summed E-state index contributed by atoms with van der Waals surface area (Å²) in [5.41, 5.74) is 0.352. The number of anilines is 1. The molecule has 0 fully saturated rings. The van der Waals surface area contributed by atoms with E-state index in [4.69, 9.17) is 5.11 Å². The number of aliphatic hydroxyl groups excluding tert-OH is 1. The summed E-state index contributed by atoms with van der Waals surface area (Å²) in [5, 5.41) is 8.87. The van der Waals surface area contributed by atoms with Crippen LogP contribution in [0, 0.1) is 0 Å². The molecule has 1 atom stereocenters. The van der Waals surface area contributed by atoms with Crippen LogP contribution in [0.2, 0.25) is 0 Å². The molecule has 0 aromatic heterocycles. The number of alkyl halides is 6. The van der Waals surface area contributed by atoms with E-state index in [1.807, 2.05) is 0 Å². The largest absolute Gasteiger partial charge is 0.573 e. The Hall–Kier alpha value is -1.82. The Morgan fingerprint density at radius 1 is 1.28 bits per heavy atom. The van der Waals surface area contributed by atoms with Crippen LogP contribution in [0.4, 0.5) is 32.0 Å². The monoisotopic (exact) mass is 390 g/mol. The van der Waals surface area contributed by atoms with Gasteiger partial charge in [0.25, 0.3) is 0 Å². The molecule has 12 heteroatoms. The Bertz CT molecular complexity index is 689. The molecule has 0 spiro atoms. The van der Waals surface area contributed by atoms with E-state index in [1.54, 1.807) is 4.90 Å². The van der Waals surface area contributed by atoms with Crippen LogP contribution in [0.3, 0.4) is 0 Å². The van der Waals surface area contributed by atoms with Crippen LogP contribution in [0.15, 0.2) is 27.5 Å². The van der Waals surface area contributed by atoms with Gasteiger partial charge in [0.2, 0.25) is 0 Å². The van der Waals surface area contributed by atoms with Crippen LogP contribution in [-0.4, -0.2) is 42.6 Å². The van der Waals surface area contributed by atoms with Crippen molar-refractivity contribution >= 4 is 22.3 Å². The fourth-order valence-corrected chi connectivity index (χ4v) is 3.96. The van der Waals surface area contributed by atoms with Gasteiger partial charge in [-0.15, -0.1) is 13.2 Å². The molecule has 1 amide bonds. The Labute approximate surface area is 140 Å². The number of halogens is 6. The molecule has 0 aliphatic carbocycles. The number of rotatable bonds is 4. The third kappa shape index (κ3) is 5.08. The molecule has 25 heavy (non-hydrogen) atoms. The summed E-state index contributed by atoms with van der Waals surface area (Å²) in [6, 6.07) is 3.21. The number of fused-ring (bicyclic) bond motifs is 1. The van der Waals surface area contributed by atoms with Gasteiger partial charge in [-0.2, -0.15) is 17.5 Å². The Balaban J connectivity index is 2.40. The number of amides is 1. The van der Waals surface area contributed by atoms with Crippen LogP contribution in [0.1, 0.15) is 6.42 Å². The van der Waals surface area contributed by atoms with Crippen molar-refractivity contribution in [1.82, 2.24) is 0 Å². The summed E-state index contributed by atoms with van der Waals surface area (Å²) in [7, 11) is -1.60. The van der Waals surface area contributed by atoms with E-state index >= 15 is 0 Å². The molecule has 0 saturated heterocycles. The van der Waals surface area contributed by atoms with Crippen LogP contribution in [-0.2, 0) is 15.5 Å². The zero-order valence-corrected chi connectivity index (χ0v) is 13.2. The third-order valence-electron chi connectivity index (χ3n) is 3.06.